The monoisotopic (exact) mass is 360 g/mol. The molecule has 2 heterocycles. The van der Waals surface area contributed by atoms with Gasteiger partial charge in [-0.2, -0.15) is 11.3 Å². The number of hydrogen-bond donors (Lipinski definition) is 0. The fourth-order valence-electron chi connectivity index (χ4n) is 2.35. The van der Waals surface area contributed by atoms with E-state index in [0.29, 0.717) is 12.2 Å². The maximum absolute atomic E-state index is 14.1. The zero-order chi connectivity index (χ0) is 16.9. The third-order valence-corrected chi connectivity index (χ3v) is 4.58. The molecule has 3 aromatic rings. The maximum atomic E-state index is 14.1. The van der Waals surface area contributed by atoms with Crippen LogP contribution in [0.2, 0.25) is 5.02 Å². The van der Waals surface area contributed by atoms with Crippen LogP contribution in [0.4, 0.5) is 10.1 Å². The molecule has 0 saturated heterocycles. The summed E-state index contributed by atoms with van der Waals surface area (Å²) in [5.41, 5.74) is 1.98. The highest BCUT2D eigenvalue weighted by molar-refractivity contribution is 7.07. The molecule has 6 heteroatoms. The molecule has 1 amide bonds. The molecule has 0 radical (unpaired) electrons. The van der Waals surface area contributed by atoms with E-state index in [1.807, 2.05) is 22.9 Å². The molecule has 0 atom stereocenters. The van der Waals surface area contributed by atoms with Crippen molar-refractivity contribution in [2.45, 2.75) is 13.0 Å². The number of nitrogens with zero attached hydrogens (tertiary/aromatic N) is 2. The van der Waals surface area contributed by atoms with Gasteiger partial charge in [-0.15, -0.1) is 0 Å². The van der Waals surface area contributed by atoms with E-state index in [9.17, 15) is 9.18 Å². The molecular formula is C18H14ClFN2OS. The molecule has 2 aromatic heterocycles. The number of carbonyl (C=O) groups is 1. The number of rotatable bonds is 5. The van der Waals surface area contributed by atoms with Gasteiger partial charge in [0.05, 0.1) is 29.9 Å². The van der Waals surface area contributed by atoms with Crippen LogP contribution in [0, 0.1) is 5.82 Å². The smallest absolute Gasteiger partial charge is 0.231 e. The van der Waals surface area contributed by atoms with Crippen molar-refractivity contribution in [2.75, 3.05) is 4.90 Å². The summed E-state index contributed by atoms with van der Waals surface area (Å²) < 4.78 is 14.1. The summed E-state index contributed by atoms with van der Waals surface area (Å²) in [4.78, 5) is 18.5. The quantitative estimate of drug-likeness (QED) is 0.660. The molecule has 0 aliphatic rings. The lowest BCUT2D eigenvalue weighted by Gasteiger charge is -2.22. The van der Waals surface area contributed by atoms with Crippen molar-refractivity contribution in [2.24, 2.45) is 0 Å². The fourth-order valence-corrected chi connectivity index (χ4v) is 3.20. The zero-order valence-corrected chi connectivity index (χ0v) is 14.2. The second-order valence-corrected chi connectivity index (χ2v) is 6.40. The minimum atomic E-state index is -0.547. The van der Waals surface area contributed by atoms with Gasteiger partial charge in [-0.05, 0) is 46.2 Å². The van der Waals surface area contributed by atoms with E-state index in [-0.39, 0.29) is 22.9 Å². The Balaban J connectivity index is 1.87. The second-order valence-electron chi connectivity index (χ2n) is 5.21. The molecule has 3 nitrogen and oxygen atoms in total. The first-order valence-electron chi connectivity index (χ1n) is 7.29. The summed E-state index contributed by atoms with van der Waals surface area (Å²) in [6.45, 7) is 0.413. The van der Waals surface area contributed by atoms with Gasteiger partial charge in [0.2, 0.25) is 5.91 Å². The van der Waals surface area contributed by atoms with E-state index in [4.69, 9.17) is 11.6 Å². The van der Waals surface area contributed by atoms with Crippen LogP contribution < -0.4 is 4.90 Å². The molecule has 0 aliphatic heterocycles. The van der Waals surface area contributed by atoms with E-state index in [1.54, 1.807) is 46.8 Å². The molecular weight excluding hydrogens is 347 g/mol. The van der Waals surface area contributed by atoms with Gasteiger partial charge in [0.1, 0.15) is 5.82 Å². The highest BCUT2D eigenvalue weighted by Gasteiger charge is 2.19. The predicted molar refractivity (Wildman–Crippen MR) is 94.9 cm³/mol. The molecule has 0 fully saturated rings. The van der Waals surface area contributed by atoms with Gasteiger partial charge in [0.15, 0.2) is 0 Å². The number of benzene rings is 1. The first-order chi connectivity index (χ1) is 11.6. The lowest BCUT2D eigenvalue weighted by molar-refractivity contribution is -0.118. The highest BCUT2D eigenvalue weighted by Crippen LogP contribution is 2.22. The SMILES string of the molecule is O=C(Cc1cccc(Cl)c1F)N(Cc1ccsc1)c1cccnc1. The molecule has 0 N–H and O–H groups in total. The largest absolute Gasteiger partial charge is 0.306 e. The summed E-state index contributed by atoms with van der Waals surface area (Å²) in [6.07, 6.45) is 3.21. The van der Waals surface area contributed by atoms with Crippen molar-refractivity contribution in [1.29, 1.82) is 0 Å². The first-order valence-corrected chi connectivity index (χ1v) is 8.61. The highest BCUT2D eigenvalue weighted by atomic mass is 35.5. The van der Waals surface area contributed by atoms with E-state index in [2.05, 4.69) is 4.98 Å². The van der Waals surface area contributed by atoms with Gasteiger partial charge in [0, 0.05) is 6.20 Å². The summed E-state index contributed by atoms with van der Waals surface area (Å²) in [5.74, 6) is -0.760. The van der Waals surface area contributed by atoms with Crippen molar-refractivity contribution < 1.29 is 9.18 Å². The average molecular weight is 361 g/mol. The Morgan fingerprint density at radius 1 is 1.25 bits per heavy atom. The zero-order valence-electron chi connectivity index (χ0n) is 12.7. The molecule has 24 heavy (non-hydrogen) atoms. The number of anilines is 1. The molecule has 3 rings (SSSR count). The molecule has 0 unspecified atom stereocenters. The number of hydrogen-bond acceptors (Lipinski definition) is 3. The number of halogens is 2. The van der Waals surface area contributed by atoms with Gasteiger partial charge >= 0.3 is 0 Å². The van der Waals surface area contributed by atoms with Crippen LogP contribution in [0.25, 0.3) is 0 Å². The van der Waals surface area contributed by atoms with Crippen LogP contribution in [0.3, 0.4) is 0 Å². The Morgan fingerprint density at radius 3 is 2.83 bits per heavy atom. The van der Waals surface area contributed by atoms with E-state index >= 15 is 0 Å². The Kier molecular flexibility index (Phi) is 5.23. The maximum Gasteiger partial charge on any atom is 0.231 e. The van der Waals surface area contributed by atoms with Crippen molar-refractivity contribution >= 4 is 34.5 Å². The summed E-state index contributed by atoms with van der Waals surface area (Å²) in [7, 11) is 0. The first kappa shape index (κ1) is 16.6. The Labute approximate surface area is 148 Å². The van der Waals surface area contributed by atoms with Crippen LogP contribution in [0.15, 0.2) is 59.6 Å². The Hall–Kier alpha value is -2.24. The molecule has 0 aliphatic carbocycles. The van der Waals surface area contributed by atoms with Crippen molar-refractivity contribution in [1.82, 2.24) is 4.98 Å². The summed E-state index contributed by atoms with van der Waals surface area (Å²) in [6, 6.07) is 10.2. The normalized spacial score (nSPS) is 10.6. The third-order valence-electron chi connectivity index (χ3n) is 3.55. The number of thiophene rings is 1. The van der Waals surface area contributed by atoms with Crippen LogP contribution in [0.5, 0.6) is 0 Å². The summed E-state index contributed by atoms with van der Waals surface area (Å²) in [5, 5.41) is 3.96. The van der Waals surface area contributed by atoms with Crippen LogP contribution >= 0.6 is 22.9 Å². The molecule has 0 bridgehead atoms. The minimum absolute atomic E-state index is 0.0195. The second kappa shape index (κ2) is 7.55. The van der Waals surface area contributed by atoms with E-state index in [0.717, 1.165) is 5.56 Å². The van der Waals surface area contributed by atoms with Crippen molar-refractivity contribution in [3.05, 3.63) is 81.5 Å². The minimum Gasteiger partial charge on any atom is -0.306 e. The van der Waals surface area contributed by atoms with Gasteiger partial charge < -0.3 is 4.90 Å². The Morgan fingerprint density at radius 2 is 2.12 bits per heavy atom. The van der Waals surface area contributed by atoms with Gasteiger partial charge in [-0.25, -0.2) is 4.39 Å². The molecule has 122 valence electrons. The predicted octanol–water partition coefficient (Wildman–Crippen LogP) is 4.71. The molecule has 1 aromatic carbocycles. The standard InChI is InChI=1S/C18H14ClFN2OS/c19-16-5-1-3-14(18(16)20)9-17(23)22(11-13-6-8-24-12-13)15-4-2-7-21-10-15/h1-8,10,12H,9,11H2. The topological polar surface area (TPSA) is 33.2 Å². The van der Waals surface area contributed by atoms with Gasteiger partial charge in [-0.3, -0.25) is 9.78 Å². The lowest BCUT2D eigenvalue weighted by Crippen LogP contribution is -2.32. The molecule has 0 saturated carbocycles. The van der Waals surface area contributed by atoms with Gasteiger partial charge in [-0.1, -0.05) is 23.7 Å². The summed E-state index contributed by atoms with van der Waals surface area (Å²) >= 11 is 7.37. The average Bonchev–Trinajstić information content (AvgIpc) is 3.11. The van der Waals surface area contributed by atoms with Crippen molar-refractivity contribution in [3.63, 3.8) is 0 Å². The lowest BCUT2D eigenvalue weighted by atomic mass is 10.1. The number of pyridine rings is 1. The van der Waals surface area contributed by atoms with E-state index < -0.39 is 5.82 Å². The van der Waals surface area contributed by atoms with E-state index in [1.165, 1.54) is 6.07 Å². The van der Waals surface area contributed by atoms with Crippen molar-refractivity contribution in [3.8, 4) is 0 Å². The number of aromatic nitrogens is 1. The molecule has 0 spiro atoms. The van der Waals surface area contributed by atoms with Crippen LogP contribution in [-0.2, 0) is 17.8 Å². The third kappa shape index (κ3) is 3.80. The van der Waals surface area contributed by atoms with Crippen LogP contribution in [-0.4, -0.2) is 10.9 Å². The Bertz CT molecular complexity index is 824. The fraction of sp³-hybridized carbons (Fsp3) is 0.111. The number of amides is 1. The van der Waals surface area contributed by atoms with Gasteiger partial charge in [0.25, 0.3) is 0 Å². The van der Waals surface area contributed by atoms with Crippen LogP contribution in [0.1, 0.15) is 11.1 Å². The number of carbonyl (C=O) groups excluding carboxylic acids is 1.